The Morgan fingerprint density at radius 2 is 2.00 bits per heavy atom. The van der Waals surface area contributed by atoms with Crippen molar-refractivity contribution in [2.45, 2.75) is 30.6 Å². The van der Waals surface area contributed by atoms with Crippen LogP contribution in [0.25, 0.3) is 0 Å². The lowest BCUT2D eigenvalue weighted by atomic mass is 10.1. The summed E-state index contributed by atoms with van der Waals surface area (Å²) in [4.78, 5) is 10.1. The van der Waals surface area contributed by atoms with Crippen LogP contribution in [0.15, 0.2) is 23.1 Å². The van der Waals surface area contributed by atoms with Crippen molar-refractivity contribution in [2.75, 3.05) is 18.9 Å². The average molecular weight is 313 g/mol. The Hall–Kier alpha value is -1.67. The fraction of sp³-hybridized carbons (Fsp3) is 0.538. The second-order valence-electron chi connectivity index (χ2n) is 5.19. The lowest BCUT2D eigenvalue weighted by Gasteiger charge is -2.13. The summed E-state index contributed by atoms with van der Waals surface area (Å²) < 4.78 is 27.3. The van der Waals surface area contributed by atoms with Gasteiger partial charge < -0.3 is 5.32 Å². The molecule has 0 radical (unpaired) electrons. The first-order chi connectivity index (χ1) is 9.94. The summed E-state index contributed by atoms with van der Waals surface area (Å²) in [6, 6.07) is 3.77. The molecule has 0 heterocycles. The van der Waals surface area contributed by atoms with Gasteiger partial charge in [-0.1, -0.05) is 12.8 Å². The van der Waals surface area contributed by atoms with Crippen LogP contribution >= 0.6 is 0 Å². The predicted molar refractivity (Wildman–Crippen MR) is 79.8 cm³/mol. The maximum atomic E-state index is 12.4. The number of nitrogens with one attached hydrogen (secondary N) is 2. The number of hydrogen-bond donors (Lipinski definition) is 2. The van der Waals surface area contributed by atoms with Crippen LogP contribution in [0.4, 0.5) is 11.4 Å². The van der Waals surface area contributed by atoms with Crippen molar-refractivity contribution in [1.82, 2.24) is 4.72 Å². The summed E-state index contributed by atoms with van der Waals surface area (Å²) in [5, 5.41) is 13.6. The van der Waals surface area contributed by atoms with Crippen molar-refractivity contribution in [1.29, 1.82) is 0 Å². The third kappa shape index (κ3) is 3.70. The molecule has 1 aromatic rings. The fourth-order valence-electron chi connectivity index (χ4n) is 2.57. The van der Waals surface area contributed by atoms with E-state index in [-0.39, 0.29) is 10.6 Å². The summed E-state index contributed by atoms with van der Waals surface area (Å²) >= 11 is 0. The molecule has 0 saturated heterocycles. The zero-order valence-corrected chi connectivity index (χ0v) is 12.6. The maximum absolute atomic E-state index is 12.4. The normalized spacial score (nSPS) is 16.0. The molecular weight excluding hydrogens is 294 g/mol. The summed E-state index contributed by atoms with van der Waals surface area (Å²) in [6.07, 6.45) is 4.31. The summed E-state index contributed by atoms with van der Waals surface area (Å²) in [5.41, 5.74) is 0.106. The zero-order valence-electron chi connectivity index (χ0n) is 11.8. The van der Waals surface area contributed by atoms with Crippen molar-refractivity contribution < 1.29 is 13.3 Å². The molecule has 0 spiro atoms. The number of nitrogens with zero attached hydrogens (tertiary/aromatic N) is 1. The molecule has 0 unspecified atom stereocenters. The summed E-state index contributed by atoms with van der Waals surface area (Å²) in [6.45, 7) is 0.383. The number of sulfonamides is 1. The van der Waals surface area contributed by atoms with Crippen LogP contribution in [0.3, 0.4) is 0 Å². The van der Waals surface area contributed by atoms with E-state index < -0.39 is 14.9 Å². The van der Waals surface area contributed by atoms with E-state index in [4.69, 9.17) is 0 Å². The van der Waals surface area contributed by atoms with Crippen LogP contribution in [-0.2, 0) is 10.0 Å². The minimum absolute atomic E-state index is 0.0859. The number of non-ortho nitro benzene ring substituents is 1. The molecule has 1 aromatic carbocycles. The van der Waals surface area contributed by atoms with Crippen LogP contribution in [0, 0.1) is 16.0 Å². The molecule has 0 aromatic heterocycles. The molecule has 2 N–H and O–H groups in total. The maximum Gasteiger partial charge on any atom is 0.270 e. The molecule has 8 heteroatoms. The van der Waals surface area contributed by atoms with Gasteiger partial charge in [0.05, 0.1) is 10.6 Å². The topological polar surface area (TPSA) is 101 Å². The second kappa shape index (κ2) is 6.40. The quantitative estimate of drug-likeness (QED) is 0.618. The highest BCUT2D eigenvalue weighted by Gasteiger charge is 2.24. The Labute approximate surface area is 123 Å². The van der Waals surface area contributed by atoms with Gasteiger partial charge in [-0.25, -0.2) is 13.1 Å². The van der Waals surface area contributed by atoms with E-state index in [1.165, 1.54) is 12.1 Å². The molecule has 116 valence electrons. The van der Waals surface area contributed by atoms with Crippen molar-refractivity contribution in [3.63, 3.8) is 0 Å². The number of hydrogen-bond acceptors (Lipinski definition) is 5. The van der Waals surface area contributed by atoms with Crippen molar-refractivity contribution in [2.24, 2.45) is 5.92 Å². The van der Waals surface area contributed by atoms with Gasteiger partial charge in [-0.05, 0) is 24.8 Å². The first-order valence-corrected chi connectivity index (χ1v) is 8.38. The van der Waals surface area contributed by atoms with Crippen LogP contribution in [0.5, 0.6) is 0 Å². The Kier molecular flexibility index (Phi) is 4.79. The van der Waals surface area contributed by atoms with Crippen LogP contribution in [0.1, 0.15) is 25.7 Å². The van der Waals surface area contributed by atoms with Gasteiger partial charge in [0, 0.05) is 25.7 Å². The molecule has 0 aliphatic heterocycles. The molecular formula is C13H19N3O4S. The highest BCUT2D eigenvalue weighted by Crippen LogP contribution is 2.27. The number of nitro benzene ring substituents is 1. The highest BCUT2D eigenvalue weighted by molar-refractivity contribution is 7.89. The van der Waals surface area contributed by atoms with Crippen LogP contribution in [0.2, 0.25) is 0 Å². The average Bonchev–Trinajstić information content (AvgIpc) is 2.98. The van der Waals surface area contributed by atoms with Gasteiger partial charge in [0.1, 0.15) is 4.90 Å². The van der Waals surface area contributed by atoms with Gasteiger partial charge >= 0.3 is 0 Å². The lowest BCUT2D eigenvalue weighted by Crippen LogP contribution is -2.29. The van der Waals surface area contributed by atoms with E-state index in [0.29, 0.717) is 18.2 Å². The minimum atomic E-state index is -3.76. The number of benzene rings is 1. The van der Waals surface area contributed by atoms with Gasteiger partial charge in [0.2, 0.25) is 10.0 Å². The van der Waals surface area contributed by atoms with Crippen molar-refractivity contribution >= 4 is 21.4 Å². The van der Waals surface area contributed by atoms with E-state index in [1.54, 1.807) is 7.05 Å². The van der Waals surface area contributed by atoms with Gasteiger partial charge in [-0.15, -0.1) is 0 Å². The largest absolute Gasteiger partial charge is 0.387 e. The molecule has 1 saturated carbocycles. The van der Waals surface area contributed by atoms with E-state index in [2.05, 4.69) is 10.0 Å². The third-order valence-electron chi connectivity index (χ3n) is 3.77. The number of nitro groups is 1. The Balaban J connectivity index is 2.24. The first kappa shape index (κ1) is 15.7. The van der Waals surface area contributed by atoms with Gasteiger partial charge in [-0.3, -0.25) is 10.1 Å². The van der Waals surface area contributed by atoms with E-state index >= 15 is 0 Å². The fourth-order valence-corrected chi connectivity index (χ4v) is 3.92. The molecule has 0 bridgehead atoms. The molecule has 0 atom stereocenters. The first-order valence-electron chi connectivity index (χ1n) is 6.90. The minimum Gasteiger partial charge on any atom is -0.387 e. The lowest BCUT2D eigenvalue weighted by molar-refractivity contribution is -0.385. The third-order valence-corrected chi connectivity index (χ3v) is 5.24. The molecule has 7 nitrogen and oxygen atoms in total. The molecule has 0 amide bonds. The molecule has 1 fully saturated rings. The van der Waals surface area contributed by atoms with Gasteiger partial charge in [-0.2, -0.15) is 0 Å². The molecule has 2 rings (SSSR count). The predicted octanol–water partition coefficient (Wildman–Crippen LogP) is 2.10. The Morgan fingerprint density at radius 1 is 1.33 bits per heavy atom. The zero-order chi connectivity index (χ0) is 15.5. The number of rotatable bonds is 6. The second-order valence-corrected chi connectivity index (χ2v) is 6.93. The molecule has 1 aliphatic rings. The summed E-state index contributed by atoms with van der Waals surface area (Å²) in [5.74, 6) is 0.358. The SMILES string of the molecule is CNc1ccc([N+](=O)[O-])cc1S(=O)(=O)NCC1CCCC1. The number of anilines is 1. The smallest absolute Gasteiger partial charge is 0.270 e. The van der Waals surface area contributed by atoms with Crippen molar-refractivity contribution in [3.8, 4) is 0 Å². The monoisotopic (exact) mass is 313 g/mol. The van der Waals surface area contributed by atoms with Crippen LogP contribution in [-0.4, -0.2) is 26.9 Å². The van der Waals surface area contributed by atoms with Gasteiger partial charge in [0.25, 0.3) is 5.69 Å². The standard InChI is InChI=1S/C13H19N3O4S/c1-14-12-7-6-11(16(17)18)8-13(12)21(19,20)15-9-10-4-2-3-5-10/h6-8,10,14-15H,2-5,9H2,1H3. The Morgan fingerprint density at radius 3 is 2.57 bits per heavy atom. The summed E-state index contributed by atoms with van der Waals surface area (Å²) in [7, 11) is -2.18. The van der Waals surface area contributed by atoms with E-state index in [1.807, 2.05) is 0 Å². The van der Waals surface area contributed by atoms with E-state index in [9.17, 15) is 18.5 Å². The van der Waals surface area contributed by atoms with Crippen LogP contribution < -0.4 is 10.0 Å². The van der Waals surface area contributed by atoms with Crippen molar-refractivity contribution in [3.05, 3.63) is 28.3 Å². The molecule has 21 heavy (non-hydrogen) atoms. The highest BCUT2D eigenvalue weighted by atomic mass is 32.2. The van der Waals surface area contributed by atoms with Gasteiger partial charge in [0.15, 0.2) is 0 Å². The molecule has 1 aliphatic carbocycles. The van der Waals surface area contributed by atoms with E-state index in [0.717, 1.165) is 31.7 Å². The Bertz CT molecular complexity index is 624.